The third kappa shape index (κ3) is 2.87. The first kappa shape index (κ1) is 14.0. The topological polar surface area (TPSA) is 82.4 Å². The van der Waals surface area contributed by atoms with Gasteiger partial charge in [-0.25, -0.2) is 9.78 Å². The van der Waals surface area contributed by atoms with Crippen molar-refractivity contribution in [2.24, 2.45) is 0 Å². The molecular weight excluding hydrogens is 300 g/mol. The predicted octanol–water partition coefficient (Wildman–Crippen LogP) is 3.02. The van der Waals surface area contributed by atoms with Gasteiger partial charge in [0.15, 0.2) is 0 Å². The third-order valence-electron chi connectivity index (χ3n) is 3.07. The van der Waals surface area contributed by atoms with Gasteiger partial charge in [-0.15, -0.1) is 0 Å². The van der Waals surface area contributed by atoms with Crippen LogP contribution in [0, 0.1) is 11.3 Å². The summed E-state index contributed by atoms with van der Waals surface area (Å²) in [5.74, 6) is 0. The molecule has 0 saturated carbocycles. The number of benzene rings is 1. The fourth-order valence-electron chi connectivity index (χ4n) is 2.06. The van der Waals surface area contributed by atoms with Crippen molar-refractivity contribution in [3.05, 3.63) is 69.9 Å². The van der Waals surface area contributed by atoms with Crippen molar-refractivity contribution in [3.8, 4) is 28.6 Å². The van der Waals surface area contributed by atoms with Crippen LogP contribution in [0.2, 0.25) is 5.02 Å². The molecule has 0 aliphatic rings. The Balaban J connectivity index is 2.00. The first-order valence-electron chi connectivity index (χ1n) is 6.38. The van der Waals surface area contributed by atoms with E-state index in [1.807, 2.05) is 6.07 Å². The second-order valence-electron chi connectivity index (χ2n) is 4.56. The van der Waals surface area contributed by atoms with Crippen LogP contribution < -0.4 is 5.69 Å². The van der Waals surface area contributed by atoms with Gasteiger partial charge >= 0.3 is 5.69 Å². The maximum Gasteiger partial charge on any atom is 0.345 e. The van der Waals surface area contributed by atoms with E-state index in [4.69, 9.17) is 16.9 Å². The molecule has 106 valence electrons. The maximum atomic E-state index is 11.2. The Morgan fingerprint density at radius 3 is 2.64 bits per heavy atom. The standard InChI is InChI=1S/C16H9ClN4O/c17-13-6-10(8-18)5-12(7-13)11-1-2-14(20-9-11)15-3-4-19-16(22)21-15/h1-7,9H,(H,19,21,22). The van der Waals surface area contributed by atoms with Gasteiger partial charge in [0.2, 0.25) is 0 Å². The van der Waals surface area contributed by atoms with Crippen molar-refractivity contribution in [1.29, 1.82) is 5.26 Å². The van der Waals surface area contributed by atoms with Crippen LogP contribution in [-0.2, 0) is 0 Å². The van der Waals surface area contributed by atoms with Crippen LogP contribution >= 0.6 is 11.6 Å². The smallest absolute Gasteiger partial charge is 0.304 e. The van der Waals surface area contributed by atoms with E-state index in [1.54, 1.807) is 36.5 Å². The van der Waals surface area contributed by atoms with E-state index in [0.29, 0.717) is 22.0 Å². The minimum absolute atomic E-state index is 0.420. The SMILES string of the molecule is N#Cc1cc(Cl)cc(-c2ccc(-c3ccnc(=O)[nH]3)nc2)c1. The summed E-state index contributed by atoms with van der Waals surface area (Å²) in [6, 6.07) is 12.5. The zero-order valence-electron chi connectivity index (χ0n) is 11.2. The molecule has 2 aromatic heterocycles. The Morgan fingerprint density at radius 2 is 1.95 bits per heavy atom. The van der Waals surface area contributed by atoms with Crippen molar-refractivity contribution < 1.29 is 0 Å². The van der Waals surface area contributed by atoms with Crippen LogP contribution in [0.25, 0.3) is 22.5 Å². The Labute approximate surface area is 130 Å². The molecule has 0 bridgehead atoms. The number of nitrogens with zero attached hydrogens (tertiary/aromatic N) is 3. The lowest BCUT2D eigenvalue weighted by Crippen LogP contribution is -2.09. The molecule has 0 aliphatic carbocycles. The van der Waals surface area contributed by atoms with Crippen molar-refractivity contribution in [2.75, 3.05) is 0 Å². The minimum atomic E-state index is -0.420. The highest BCUT2D eigenvalue weighted by Gasteiger charge is 2.05. The highest BCUT2D eigenvalue weighted by molar-refractivity contribution is 6.31. The van der Waals surface area contributed by atoms with E-state index >= 15 is 0 Å². The summed E-state index contributed by atoms with van der Waals surface area (Å²) in [6.07, 6.45) is 3.10. The van der Waals surface area contributed by atoms with E-state index in [-0.39, 0.29) is 0 Å². The molecule has 22 heavy (non-hydrogen) atoms. The molecule has 0 saturated heterocycles. The maximum absolute atomic E-state index is 11.2. The molecule has 6 heteroatoms. The molecule has 0 spiro atoms. The number of pyridine rings is 1. The Morgan fingerprint density at radius 1 is 1.09 bits per heavy atom. The monoisotopic (exact) mass is 308 g/mol. The predicted molar refractivity (Wildman–Crippen MR) is 83.2 cm³/mol. The fraction of sp³-hybridized carbons (Fsp3) is 0. The van der Waals surface area contributed by atoms with Crippen LogP contribution in [0.4, 0.5) is 0 Å². The lowest BCUT2D eigenvalue weighted by Gasteiger charge is -2.05. The van der Waals surface area contributed by atoms with E-state index in [9.17, 15) is 4.79 Å². The van der Waals surface area contributed by atoms with Crippen LogP contribution in [-0.4, -0.2) is 15.0 Å². The largest absolute Gasteiger partial charge is 0.345 e. The Kier molecular flexibility index (Phi) is 3.69. The molecule has 0 atom stereocenters. The third-order valence-corrected chi connectivity index (χ3v) is 3.29. The average molecular weight is 309 g/mol. The van der Waals surface area contributed by atoms with Crippen LogP contribution in [0.1, 0.15) is 5.56 Å². The van der Waals surface area contributed by atoms with Crippen molar-refractivity contribution in [1.82, 2.24) is 15.0 Å². The number of hydrogen-bond acceptors (Lipinski definition) is 4. The molecule has 0 amide bonds. The summed E-state index contributed by atoms with van der Waals surface area (Å²) in [4.78, 5) is 21.7. The van der Waals surface area contributed by atoms with Crippen molar-refractivity contribution >= 4 is 11.6 Å². The van der Waals surface area contributed by atoms with Gasteiger partial charge in [0.25, 0.3) is 0 Å². The molecule has 0 fully saturated rings. The van der Waals surface area contributed by atoms with Gasteiger partial charge in [-0.1, -0.05) is 17.7 Å². The molecule has 0 radical (unpaired) electrons. The number of rotatable bonds is 2. The molecule has 0 unspecified atom stereocenters. The van der Waals surface area contributed by atoms with Crippen LogP contribution in [0.5, 0.6) is 0 Å². The van der Waals surface area contributed by atoms with Gasteiger partial charge in [-0.3, -0.25) is 4.98 Å². The molecule has 3 rings (SSSR count). The zero-order valence-corrected chi connectivity index (χ0v) is 12.0. The Hall–Kier alpha value is -2.97. The summed E-state index contributed by atoms with van der Waals surface area (Å²) in [5.41, 5.74) is 2.94. The number of nitriles is 1. The highest BCUT2D eigenvalue weighted by Crippen LogP contribution is 2.25. The highest BCUT2D eigenvalue weighted by atomic mass is 35.5. The number of hydrogen-bond donors (Lipinski definition) is 1. The van der Waals surface area contributed by atoms with Crippen LogP contribution in [0.3, 0.4) is 0 Å². The van der Waals surface area contributed by atoms with Gasteiger partial charge < -0.3 is 4.98 Å². The quantitative estimate of drug-likeness (QED) is 0.789. The van der Waals surface area contributed by atoms with Gasteiger partial charge in [-0.05, 0) is 35.9 Å². The van der Waals surface area contributed by atoms with Crippen molar-refractivity contribution in [3.63, 3.8) is 0 Å². The average Bonchev–Trinajstić information content (AvgIpc) is 2.54. The fourth-order valence-corrected chi connectivity index (χ4v) is 2.30. The first-order valence-corrected chi connectivity index (χ1v) is 6.76. The lowest BCUT2D eigenvalue weighted by atomic mass is 10.0. The summed E-state index contributed by atoms with van der Waals surface area (Å²) in [7, 11) is 0. The number of H-pyrrole nitrogens is 1. The summed E-state index contributed by atoms with van der Waals surface area (Å²) in [6.45, 7) is 0. The summed E-state index contributed by atoms with van der Waals surface area (Å²) in [5, 5.41) is 9.49. The number of aromatic amines is 1. The minimum Gasteiger partial charge on any atom is -0.304 e. The number of nitrogens with one attached hydrogen (secondary N) is 1. The molecule has 3 aromatic rings. The van der Waals surface area contributed by atoms with Gasteiger partial charge in [-0.2, -0.15) is 5.26 Å². The molecule has 2 heterocycles. The molecule has 5 nitrogen and oxygen atoms in total. The molecule has 1 N–H and O–H groups in total. The second kappa shape index (κ2) is 5.80. The number of halogens is 1. The molecule has 0 aliphatic heterocycles. The Bertz CT molecular complexity index is 926. The van der Waals surface area contributed by atoms with Gasteiger partial charge in [0.1, 0.15) is 0 Å². The summed E-state index contributed by atoms with van der Waals surface area (Å²) < 4.78 is 0. The first-order chi connectivity index (χ1) is 10.7. The normalized spacial score (nSPS) is 10.2. The van der Waals surface area contributed by atoms with Crippen LogP contribution in [0.15, 0.2) is 53.6 Å². The molecule has 1 aromatic carbocycles. The van der Waals surface area contributed by atoms with E-state index in [1.165, 1.54) is 6.20 Å². The molecular formula is C16H9ClN4O. The van der Waals surface area contributed by atoms with E-state index in [0.717, 1.165) is 11.1 Å². The van der Waals surface area contributed by atoms with Crippen molar-refractivity contribution in [2.45, 2.75) is 0 Å². The van der Waals surface area contributed by atoms with Gasteiger partial charge in [0, 0.05) is 23.0 Å². The van der Waals surface area contributed by atoms with E-state index in [2.05, 4.69) is 21.0 Å². The second-order valence-corrected chi connectivity index (χ2v) is 5.00. The lowest BCUT2D eigenvalue weighted by molar-refractivity contribution is 1.07. The van der Waals surface area contributed by atoms with Gasteiger partial charge in [0.05, 0.1) is 23.0 Å². The number of aromatic nitrogens is 3. The van der Waals surface area contributed by atoms with E-state index < -0.39 is 5.69 Å². The zero-order chi connectivity index (χ0) is 15.5. The summed E-state index contributed by atoms with van der Waals surface area (Å²) >= 11 is 6.01.